The Hall–Kier alpha value is -2.36. The molecular weight excluding hydrogens is 300 g/mol. The van der Waals surface area contributed by atoms with Gasteiger partial charge in [0.15, 0.2) is 0 Å². The average Bonchev–Trinajstić information content (AvgIpc) is 2.61. The second-order valence-corrected chi connectivity index (χ2v) is 5.89. The third-order valence-corrected chi connectivity index (χ3v) is 3.75. The Morgan fingerprint density at radius 1 is 1.12 bits per heavy atom. The summed E-state index contributed by atoms with van der Waals surface area (Å²) in [5.74, 6) is 0.801. The van der Waals surface area contributed by atoms with E-state index in [1.54, 1.807) is 12.4 Å². The molecule has 0 saturated carbocycles. The minimum Gasteiger partial charge on any atom is -0.489 e. The maximum absolute atomic E-state index is 12.0. The highest BCUT2D eigenvalue weighted by molar-refractivity contribution is 5.90. The molecule has 0 saturated heterocycles. The lowest BCUT2D eigenvalue weighted by molar-refractivity contribution is -0.116. The van der Waals surface area contributed by atoms with E-state index in [2.05, 4.69) is 17.2 Å². The first-order chi connectivity index (χ1) is 11.8. The molecule has 0 aliphatic heterocycles. The molecule has 4 nitrogen and oxygen atoms in total. The quantitative estimate of drug-likeness (QED) is 0.628. The number of hydrogen-bond donors (Lipinski definition) is 1. The molecule has 2 aromatic rings. The Morgan fingerprint density at radius 2 is 2.00 bits per heavy atom. The number of carbonyl (C=O) groups excluding carboxylic acids is 1. The van der Waals surface area contributed by atoms with Crippen LogP contribution in [0.15, 0.2) is 48.8 Å². The summed E-state index contributed by atoms with van der Waals surface area (Å²) < 4.78 is 5.75. The molecule has 0 spiro atoms. The van der Waals surface area contributed by atoms with Crippen molar-refractivity contribution in [1.82, 2.24) is 4.98 Å². The van der Waals surface area contributed by atoms with E-state index in [-0.39, 0.29) is 5.91 Å². The lowest BCUT2D eigenvalue weighted by Gasteiger charge is -2.09. The van der Waals surface area contributed by atoms with Gasteiger partial charge in [0.2, 0.25) is 5.91 Å². The van der Waals surface area contributed by atoms with Crippen molar-refractivity contribution in [3.63, 3.8) is 0 Å². The Labute approximate surface area is 144 Å². The molecule has 0 fully saturated rings. The molecule has 0 aliphatic carbocycles. The van der Waals surface area contributed by atoms with Crippen LogP contribution in [0, 0.1) is 0 Å². The van der Waals surface area contributed by atoms with Crippen LogP contribution in [0.2, 0.25) is 0 Å². The zero-order valence-electron chi connectivity index (χ0n) is 14.3. The molecule has 2 rings (SSSR count). The number of amides is 1. The highest BCUT2D eigenvalue weighted by atomic mass is 16.5. The van der Waals surface area contributed by atoms with Crippen molar-refractivity contribution < 1.29 is 9.53 Å². The predicted molar refractivity (Wildman–Crippen MR) is 97.0 cm³/mol. The molecule has 4 heteroatoms. The van der Waals surface area contributed by atoms with Crippen LogP contribution in [0.25, 0.3) is 0 Å². The number of anilines is 1. The molecule has 0 unspecified atom stereocenters. The van der Waals surface area contributed by atoms with Crippen molar-refractivity contribution in [2.75, 3.05) is 5.32 Å². The average molecular weight is 326 g/mol. The smallest absolute Gasteiger partial charge is 0.224 e. The Balaban J connectivity index is 1.76. The van der Waals surface area contributed by atoms with Crippen LogP contribution in [0.5, 0.6) is 5.75 Å². The van der Waals surface area contributed by atoms with E-state index in [1.165, 1.54) is 19.3 Å². The summed E-state index contributed by atoms with van der Waals surface area (Å²) in [6, 6.07) is 11.4. The number of unbranched alkanes of at least 4 members (excludes halogenated alkanes) is 4. The van der Waals surface area contributed by atoms with Crippen LogP contribution in [0.3, 0.4) is 0 Å². The first kappa shape index (κ1) is 18.0. The monoisotopic (exact) mass is 326 g/mol. The van der Waals surface area contributed by atoms with Crippen LogP contribution >= 0.6 is 0 Å². The molecule has 1 amide bonds. The van der Waals surface area contributed by atoms with Gasteiger partial charge in [-0.1, -0.05) is 44.7 Å². The van der Waals surface area contributed by atoms with Gasteiger partial charge in [-0.15, -0.1) is 0 Å². The number of nitrogens with one attached hydrogen (secondary N) is 1. The molecule has 1 aromatic carbocycles. The van der Waals surface area contributed by atoms with Crippen LogP contribution in [0.4, 0.5) is 5.69 Å². The number of carbonyl (C=O) groups is 1. The first-order valence-electron chi connectivity index (χ1n) is 8.69. The van der Waals surface area contributed by atoms with Gasteiger partial charge in [-0.05, 0) is 24.6 Å². The van der Waals surface area contributed by atoms with Crippen LogP contribution in [-0.4, -0.2) is 10.9 Å². The second-order valence-electron chi connectivity index (χ2n) is 5.89. The van der Waals surface area contributed by atoms with Gasteiger partial charge in [-0.3, -0.25) is 9.78 Å². The van der Waals surface area contributed by atoms with Crippen molar-refractivity contribution in [3.05, 3.63) is 54.4 Å². The van der Waals surface area contributed by atoms with E-state index < -0.39 is 0 Å². The predicted octanol–water partition coefficient (Wildman–Crippen LogP) is 4.96. The van der Waals surface area contributed by atoms with Crippen molar-refractivity contribution in [2.24, 2.45) is 0 Å². The third-order valence-electron chi connectivity index (χ3n) is 3.75. The van der Waals surface area contributed by atoms with Crippen molar-refractivity contribution >= 4 is 11.6 Å². The third kappa shape index (κ3) is 6.82. The highest BCUT2D eigenvalue weighted by Gasteiger charge is 2.04. The SMILES string of the molecule is CCCCCCCC(=O)Nc1cccc(OCc2cccnc2)c1. The molecule has 1 aromatic heterocycles. The fourth-order valence-electron chi connectivity index (χ4n) is 2.43. The standard InChI is InChI=1S/C20H26N2O2/c1-2-3-4-5-6-12-20(23)22-18-10-7-11-19(14-18)24-16-17-9-8-13-21-15-17/h7-11,13-15H,2-6,12,16H2,1H3,(H,22,23). The molecule has 1 N–H and O–H groups in total. The Kier molecular flexibility index (Phi) is 7.81. The summed E-state index contributed by atoms with van der Waals surface area (Å²) in [6.07, 6.45) is 9.84. The normalized spacial score (nSPS) is 10.4. The number of rotatable bonds is 10. The minimum atomic E-state index is 0.0657. The van der Waals surface area contributed by atoms with Gasteiger partial charge in [0.1, 0.15) is 12.4 Å². The summed E-state index contributed by atoms with van der Waals surface area (Å²) >= 11 is 0. The molecule has 0 aliphatic rings. The number of nitrogens with zero attached hydrogens (tertiary/aromatic N) is 1. The molecule has 0 bridgehead atoms. The van der Waals surface area contributed by atoms with E-state index in [1.807, 2.05) is 36.4 Å². The number of hydrogen-bond acceptors (Lipinski definition) is 3. The second kappa shape index (κ2) is 10.4. The zero-order valence-corrected chi connectivity index (χ0v) is 14.3. The maximum atomic E-state index is 12.0. The molecule has 1 heterocycles. The highest BCUT2D eigenvalue weighted by Crippen LogP contribution is 2.19. The number of benzene rings is 1. The van der Waals surface area contributed by atoms with Gasteiger partial charge in [0, 0.05) is 36.1 Å². The van der Waals surface area contributed by atoms with Crippen LogP contribution in [-0.2, 0) is 11.4 Å². The lowest BCUT2D eigenvalue weighted by atomic mass is 10.1. The number of aromatic nitrogens is 1. The van der Waals surface area contributed by atoms with Gasteiger partial charge < -0.3 is 10.1 Å². The summed E-state index contributed by atoms with van der Waals surface area (Å²) in [6.45, 7) is 2.65. The minimum absolute atomic E-state index is 0.0657. The van der Waals surface area contributed by atoms with E-state index >= 15 is 0 Å². The first-order valence-corrected chi connectivity index (χ1v) is 8.69. The fraction of sp³-hybridized carbons (Fsp3) is 0.400. The van der Waals surface area contributed by atoms with Gasteiger partial charge in [-0.25, -0.2) is 0 Å². The molecular formula is C20H26N2O2. The zero-order chi connectivity index (χ0) is 17.0. The van der Waals surface area contributed by atoms with Gasteiger partial charge in [0.25, 0.3) is 0 Å². The van der Waals surface area contributed by atoms with Crippen molar-refractivity contribution in [3.8, 4) is 5.75 Å². The Morgan fingerprint density at radius 3 is 2.79 bits per heavy atom. The Bertz CT molecular complexity index is 614. The van der Waals surface area contributed by atoms with E-state index in [9.17, 15) is 4.79 Å². The van der Waals surface area contributed by atoms with Crippen LogP contribution in [0.1, 0.15) is 51.0 Å². The van der Waals surface area contributed by atoms with Gasteiger partial charge >= 0.3 is 0 Å². The summed E-state index contributed by atoms with van der Waals surface area (Å²) in [5.41, 5.74) is 1.79. The molecule has 0 atom stereocenters. The topological polar surface area (TPSA) is 51.2 Å². The number of pyridine rings is 1. The van der Waals surface area contributed by atoms with Gasteiger partial charge in [0.05, 0.1) is 0 Å². The molecule has 128 valence electrons. The van der Waals surface area contributed by atoms with Crippen molar-refractivity contribution in [2.45, 2.75) is 52.1 Å². The number of ether oxygens (including phenoxy) is 1. The van der Waals surface area contributed by atoms with Crippen molar-refractivity contribution in [1.29, 1.82) is 0 Å². The van der Waals surface area contributed by atoms with Crippen LogP contribution < -0.4 is 10.1 Å². The van der Waals surface area contributed by atoms with Gasteiger partial charge in [-0.2, -0.15) is 0 Å². The summed E-state index contributed by atoms with van der Waals surface area (Å²) in [4.78, 5) is 16.0. The maximum Gasteiger partial charge on any atom is 0.224 e. The van der Waals surface area contributed by atoms with E-state index in [0.29, 0.717) is 13.0 Å². The summed E-state index contributed by atoms with van der Waals surface area (Å²) in [5, 5.41) is 2.94. The molecule has 0 radical (unpaired) electrons. The van der Waals surface area contributed by atoms with E-state index in [4.69, 9.17) is 4.74 Å². The largest absolute Gasteiger partial charge is 0.489 e. The van der Waals surface area contributed by atoms with E-state index in [0.717, 1.165) is 29.8 Å². The molecule has 24 heavy (non-hydrogen) atoms. The lowest BCUT2D eigenvalue weighted by Crippen LogP contribution is -2.11. The summed E-state index contributed by atoms with van der Waals surface area (Å²) in [7, 11) is 0. The fourth-order valence-corrected chi connectivity index (χ4v) is 2.43.